The average Bonchev–Trinajstić information content (AvgIpc) is 2.78. The Morgan fingerprint density at radius 3 is 3.00 bits per heavy atom. The van der Waals surface area contributed by atoms with E-state index in [0.29, 0.717) is 5.69 Å². The Labute approximate surface area is 106 Å². The molecule has 1 aromatic heterocycles. The molecular formula is C14H14N4. The van der Waals surface area contributed by atoms with Gasteiger partial charge in [0, 0.05) is 25.2 Å². The first kappa shape index (κ1) is 11.0. The van der Waals surface area contributed by atoms with Gasteiger partial charge in [-0.15, -0.1) is 0 Å². The first-order valence-electron chi connectivity index (χ1n) is 6.07. The van der Waals surface area contributed by atoms with Gasteiger partial charge in [-0.25, -0.2) is 4.98 Å². The van der Waals surface area contributed by atoms with Crippen LogP contribution in [0.1, 0.15) is 17.0 Å². The molecule has 0 saturated carbocycles. The number of fused-ring (bicyclic) bond motifs is 1. The highest BCUT2D eigenvalue weighted by molar-refractivity contribution is 5.62. The summed E-state index contributed by atoms with van der Waals surface area (Å²) in [5.74, 6) is 0.918. The van der Waals surface area contributed by atoms with Crippen molar-refractivity contribution in [3.63, 3.8) is 0 Å². The fraction of sp³-hybridized carbons (Fsp3) is 0.286. The highest BCUT2D eigenvalue weighted by Gasteiger charge is 2.20. The summed E-state index contributed by atoms with van der Waals surface area (Å²) in [4.78, 5) is 4.50. The Morgan fingerprint density at radius 1 is 1.39 bits per heavy atom. The van der Waals surface area contributed by atoms with E-state index in [9.17, 15) is 0 Å². The quantitative estimate of drug-likeness (QED) is 0.824. The fourth-order valence-electron chi connectivity index (χ4n) is 2.42. The lowest BCUT2D eigenvalue weighted by atomic mass is 10.1. The van der Waals surface area contributed by atoms with Crippen molar-refractivity contribution in [2.24, 2.45) is 0 Å². The minimum absolute atomic E-state index is 0.542. The van der Waals surface area contributed by atoms with Crippen LogP contribution in [0.3, 0.4) is 0 Å². The van der Waals surface area contributed by atoms with E-state index in [-0.39, 0.29) is 0 Å². The summed E-state index contributed by atoms with van der Waals surface area (Å²) in [6.45, 7) is 4.59. The van der Waals surface area contributed by atoms with Crippen molar-refractivity contribution in [2.45, 2.75) is 20.0 Å². The van der Waals surface area contributed by atoms with Gasteiger partial charge in [0.2, 0.25) is 0 Å². The van der Waals surface area contributed by atoms with E-state index in [4.69, 9.17) is 5.26 Å². The van der Waals surface area contributed by atoms with Gasteiger partial charge in [0.15, 0.2) is 5.69 Å². The third kappa shape index (κ3) is 1.60. The molecule has 1 aliphatic rings. The van der Waals surface area contributed by atoms with Crippen LogP contribution >= 0.6 is 0 Å². The zero-order valence-corrected chi connectivity index (χ0v) is 10.3. The molecule has 0 amide bonds. The number of aryl methyl sites for hydroxylation is 1. The lowest BCUT2D eigenvalue weighted by molar-refractivity contribution is 0.519. The summed E-state index contributed by atoms with van der Waals surface area (Å²) in [5, 5.41) is 12.5. The normalized spacial score (nSPS) is 14.0. The van der Waals surface area contributed by atoms with Crippen LogP contribution in [0, 0.1) is 18.3 Å². The molecule has 0 bridgehead atoms. The molecule has 90 valence electrons. The summed E-state index contributed by atoms with van der Waals surface area (Å²) in [7, 11) is 0. The SMILES string of the molecule is Cc1ccccc1-c1nc(C#N)c2n1CCNC2. The van der Waals surface area contributed by atoms with E-state index >= 15 is 0 Å². The molecular weight excluding hydrogens is 224 g/mol. The van der Waals surface area contributed by atoms with Gasteiger partial charge in [-0.3, -0.25) is 0 Å². The number of nitrogens with one attached hydrogen (secondary N) is 1. The number of rotatable bonds is 1. The van der Waals surface area contributed by atoms with Crippen molar-refractivity contribution in [3.05, 3.63) is 41.2 Å². The van der Waals surface area contributed by atoms with Crippen LogP contribution in [-0.4, -0.2) is 16.1 Å². The van der Waals surface area contributed by atoms with Crippen molar-refractivity contribution in [1.29, 1.82) is 5.26 Å². The summed E-state index contributed by atoms with van der Waals surface area (Å²) in [5.41, 5.74) is 3.85. The molecule has 2 heterocycles. The third-order valence-corrected chi connectivity index (χ3v) is 3.37. The van der Waals surface area contributed by atoms with E-state index in [1.54, 1.807) is 0 Å². The highest BCUT2D eigenvalue weighted by atomic mass is 15.2. The first-order chi connectivity index (χ1) is 8.81. The van der Waals surface area contributed by atoms with Gasteiger partial charge in [0.05, 0.1) is 5.69 Å². The summed E-state index contributed by atoms with van der Waals surface area (Å²) in [6.07, 6.45) is 0. The van der Waals surface area contributed by atoms with Crippen LogP contribution in [0.15, 0.2) is 24.3 Å². The molecule has 1 aromatic carbocycles. The maximum Gasteiger partial charge on any atom is 0.163 e. The van der Waals surface area contributed by atoms with Crippen LogP contribution < -0.4 is 5.32 Å². The van der Waals surface area contributed by atoms with Crippen molar-refractivity contribution in [2.75, 3.05) is 6.54 Å². The molecule has 0 atom stereocenters. The first-order valence-corrected chi connectivity index (χ1v) is 6.07. The number of hydrogen-bond donors (Lipinski definition) is 1. The van der Waals surface area contributed by atoms with E-state index in [1.807, 2.05) is 12.1 Å². The Balaban J connectivity index is 2.22. The van der Waals surface area contributed by atoms with Crippen LogP contribution in [0.2, 0.25) is 0 Å². The lowest BCUT2D eigenvalue weighted by Crippen LogP contribution is -2.28. The molecule has 3 rings (SSSR count). The minimum atomic E-state index is 0.542. The van der Waals surface area contributed by atoms with Crippen LogP contribution in [0.25, 0.3) is 11.4 Å². The Morgan fingerprint density at radius 2 is 2.22 bits per heavy atom. The van der Waals surface area contributed by atoms with Crippen LogP contribution in [0.4, 0.5) is 0 Å². The van der Waals surface area contributed by atoms with Crippen LogP contribution in [0.5, 0.6) is 0 Å². The number of nitrogens with zero attached hydrogens (tertiary/aromatic N) is 3. The van der Waals surface area contributed by atoms with E-state index < -0.39 is 0 Å². The number of imidazole rings is 1. The highest BCUT2D eigenvalue weighted by Crippen LogP contribution is 2.26. The number of nitriles is 1. The van der Waals surface area contributed by atoms with Gasteiger partial charge < -0.3 is 9.88 Å². The summed E-state index contributed by atoms with van der Waals surface area (Å²) in [6, 6.07) is 10.4. The molecule has 0 saturated heterocycles. The third-order valence-electron chi connectivity index (χ3n) is 3.37. The number of aromatic nitrogens is 2. The molecule has 0 spiro atoms. The van der Waals surface area contributed by atoms with Gasteiger partial charge in [0.1, 0.15) is 11.9 Å². The molecule has 0 aliphatic carbocycles. The lowest BCUT2D eigenvalue weighted by Gasteiger charge is -2.18. The Kier molecular flexibility index (Phi) is 2.62. The van der Waals surface area contributed by atoms with Gasteiger partial charge in [-0.1, -0.05) is 24.3 Å². The zero-order valence-electron chi connectivity index (χ0n) is 10.3. The smallest absolute Gasteiger partial charge is 0.163 e. The molecule has 18 heavy (non-hydrogen) atoms. The average molecular weight is 238 g/mol. The molecule has 1 N–H and O–H groups in total. The number of benzene rings is 1. The second-order valence-corrected chi connectivity index (χ2v) is 4.49. The topological polar surface area (TPSA) is 53.6 Å². The molecule has 0 radical (unpaired) electrons. The summed E-state index contributed by atoms with van der Waals surface area (Å²) < 4.78 is 2.16. The van der Waals surface area contributed by atoms with Gasteiger partial charge in [0.25, 0.3) is 0 Å². The van der Waals surface area contributed by atoms with Gasteiger partial charge in [-0.2, -0.15) is 5.26 Å². The van der Waals surface area contributed by atoms with E-state index in [1.165, 1.54) is 5.56 Å². The van der Waals surface area contributed by atoms with E-state index in [2.05, 4.69) is 40.0 Å². The predicted molar refractivity (Wildman–Crippen MR) is 68.8 cm³/mol. The van der Waals surface area contributed by atoms with E-state index in [0.717, 1.165) is 36.7 Å². The number of hydrogen-bond acceptors (Lipinski definition) is 3. The molecule has 2 aromatic rings. The fourth-order valence-corrected chi connectivity index (χ4v) is 2.42. The standard InChI is InChI=1S/C14H14N4/c1-10-4-2-3-5-11(10)14-17-12(8-15)13-9-16-6-7-18(13)14/h2-5,16H,6-7,9H2,1H3. The molecule has 0 unspecified atom stereocenters. The van der Waals surface area contributed by atoms with Crippen molar-refractivity contribution in [3.8, 4) is 17.5 Å². The molecule has 1 aliphatic heterocycles. The summed E-state index contributed by atoms with van der Waals surface area (Å²) >= 11 is 0. The predicted octanol–water partition coefficient (Wildman–Crippen LogP) is 1.83. The van der Waals surface area contributed by atoms with Crippen LogP contribution in [-0.2, 0) is 13.1 Å². The monoisotopic (exact) mass is 238 g/mol. The van der Waals surface area contributed by atoms with Crippen molar-refractivity contribution in [1.82, 2.24) is 14.9 Å². The molecule has 4 nitrogen and oxygen atoms in total. The molecule has 0 fully saturated rings. The van der Waals surface area contributed by atoms with Gasteiger partial charge in [-0.05, 0) is 12.5 Å². The Bertz CT molecular complexity index is 634. The molecule has 4 heteroatoms. The largest absolute Gasteiger partial charge is 0.324 e. The van der Waals surface area contributed by atoms with Crippen molar-refractivity contribution < 1.29 is 0 Å². The van der Waals surface area contributed by atoms with Gasteiger partial charge >= 0.3 is 0 Å². The maximum absolute atomic E-state index is 9.17. The second kappa shape index (κ2) is 4.28. The Hall–Kier alpha value is -2.12. The van der Waals surface area contributed by atoms with Crippen molar-refractivity contribution >= 4 is 0 Å². The zero-order chi connectivity index (χ0) is 12.5. The minimum Gasteiger partial charge on any atom is -0.324 e. The second-order valence-electron chi connectivity index (χ2n) is 4.49. The maximum atomic E-state index is 9.17.